The molecule has 37 heavy (non-hydrogen) atoms. The van der Waals surface area contributed by atoms with Gasteiger partial charge in [-0.1, -0.05) is 84.4 Å². The van der Waals surface area contributed by atoms with E-state index in [1.54, 1.807) is 17.0 Å². The minimum Gasteiger partial charge on any atom is -0.480 e. The van der Waals surface area contributed by atoms with E-state index < -0.39 is 30.6 Å². The van der Waals surface area contributed by atoms with Gasteiger partial charge in [-0.25, -0.2) is 0 Å². The zero-order valence-corrected chi connectivity index (χ0v) is 21.1. The highest BCUT2D eigenvalue weighted by Gasteiger charge is 2.43. The summed E-state index contributed by atoms with van der Waals surface area (Å²) in [6, 6.07) is 25.5. The molecule has 1 fully saturated rings. The topological polar surface area (TPSA) is 87.1 Å². The van der Waals surface area contributed by atoms with E-state index in [-0.39, 0.29) is 25.6 Å². The van der Waals surface area contributed by atoms with E-state index in [9.17, 15) is 19.5 Å². The van der Waals surface area contributed by atoms with Gasteiger partial charge in [0.25, 0.3) is 5.91 Å². The molecule has 192 valence electrons. The van der Waals surface area contributed by atoms with Gasteiger partial charge in [-0.3, -0.25) is 14.4 Å². The number of aryl methyl sites for hydroxylation is 1. The number of rotatable bonds is 10. The van der Waals surface area contributed by atoms with Crippen LogP contribution in [0.15, 0.2) is 84.9 Å². The zero-order chi connectivity index (χ0) is 26.2. The lowest BCUT2D eigenvalue weighted by Gasteiger charge is -2.42. The normalized spacial score (nSPS) is 17.4. The Hall–Kier alpha value is -3.68. The molecule has 4 rings (SSSR count). The summed E-state index contributed by atoms with van der Waals surface area (Å²) >= 11 is 6.17. The van der Waals surface area contributed by atoms with Crippen molar-refractivity contribution in [2.45, 2.75) is 31.5 Å². The lowest BCUT2D eigenvalue weighted by molar-refractivity contribution is -0.171. The maximum absolute atomic E-state index is 13.8. The lowest BCUT2D eigenvalue weighted by atomic mass is 9.95. The highest BCUT2D eigenvalue weighted by Crippen LogP contribution is 2.33. The van der Waals surface area contributed by atoms with Crippen molar-refractivity contribution >= 4 is 29.4 Å². The van der Waals surface area contributed by atoms with Gasteiger partial charge in [-0.2, -0.15) is 0 Å². The van der Waals surface area contributed by atoms with Crippen LogP contribution < -0.4 is 0 Å². The van der Waals surface area contributed by atoms with Gasteiger partial charge in [-0.15, -0.1) is 0 Å². The first-order valence-electron chi connectivity index (χ1n) is 12.2. The number of carbonyl (C=O) groups is 3. The molecule has 1 saturated heterocycles. The molecule has 3 aromatic carbocycles. The fourth-order valence-corrected chi connectivity index (χ4v) is 4.83. The molecule has 0 saturated carbocycles. The molecule has 7 nitrogen and oxygen atoms in total. The molecule has 1 heterocycles. The second kappa shape index (κ2) is 12.5. The van der Waals surface area contributed by atoms with Crippen molar-refractivity contribution in [3.05, 3.63) is 107 Å². The zero-order valence-electron chi connectivity index (χ0n) is 20.3. The summed E-state index contributed by atoms with van der Waals surface area (Å²) in [4.78, 5) is 41.5. The standard InChI is InChI=1S/C29H29ClN2O5/c30-24-15-7-11-22(17-24)18-32-25(33)20-37-28(27(32)23-13-5-2-6-14-23)29(36)31(19-26(34)35)16-8-12-21-9-3-1-4-10-21/h1-7,9-11,13-15,17,27-28H,8,12,16,18-20H2,(H,34,35)/t27-,28-/m1/s1. The number of carboxylic acids is 1. The minimum atomic E-state index is -1.10. The maximum Gasteiger partial charge on any atom is 0.323 e. The van der Waals surface area contributed by atoms with Crippen molar-refractivity contribution in [1.29, 1.82) is 0 Å². The molecule has 0 aliphatic carbocycles. The van der Waals surface area contributed by atoms with Crippen LogP contribution in [0.4, 0.5) is 0 Å². The van der Waals surface area contributed by atoms with E-state index in [0.717, 1.165) is 16.7 Å². The van der Waals surface area contributed by atoms with Gasteiger partial charge in [0, 0.05) is 18.1 Å². The number of carboxylic acid groups (broad SMARTS) is 1. The predicted octanol–water partition coefficient (Wildman–Crippen LogP) is 4.35. The average Bonchev–Trinajstić information content (AvgIpc) is 2.90. The van der Waals surface area contributed by atoms with Crippen LogP contribution in [-0.4, -0.2) is 58.5 Å². The molecular formula is C29H29ClN2O5. The Morgan fingerprint density at radius 2 is 1.65 bits per heavy atom. The van der Waals surface area contributed by atoms with Gasteiger partial charge in [0.15, 0.2) is 6.10 Å². The van der Waals surface area contributed by atoms with Crippen molar-refractivity contribution in [3.63, 3.8) is 0 Å². The van der Waals surface area contributed by atoms with Crippen LogP contribution in [0.1, 0.15) is 29.2 Å². The van der Waals surface area contributed by atoms with Crippen molar-refractivity contribution in [2.24, 2.45) is 0 Å². The number of ether oxygens (including phenoxy) is 1. The predicted molar refractivity (Wildman–Crippen MR) is 140 cm³/mol. The van der Waals surface area contributed by atoms with Gasteiger partial charge in [0.1, 0.15) is 13.2 Å². The first-order chi connectivity index (χ1) is 17.9. The number of hydrogen-bond acceptors (Lipinski definition) is 4. The Balaban J connectivity index is 1.60. The summed E-state index contributed by atoms with van der Waals surface area (Å²) in [5.41, 5.74) is 2.66. The van der Waals surface area contributed by atoms with Gasteiger partial charge in [-0.05, 0) is 41.7 Å². The number of morpholine rings is 1. The first-order valence-corrected chi connectivity index (χ1v) is 12.5. The van der Waals surface area contributed by atoms with Gasteiger partial charge in [0.05, 0.1) is 6.04 Å². The second-order valence-corrected chi connectivity index (χ2v) is 9.42. The number of amides is 2. The molecule has 1 aliphatic rings. The SMILES string of the molecule is O=C(O)CN(CCCc1ccccc1)C(=O)[C@@H]1OCC(=O)N(Cc2cccc(Cl)c2)[C@@H]1c1ccccc1. The Morgan fingerprint density at radius 3 is 2.32 bits per heavy atom. The number of hydrogen-bond donors (Lipinski definition) is 1. The second-order valence-electron chi connectivity index (χ2n) is 8.98. The smallest absolute Gasteiger partial charge is 0.323 e. The van der Waals surface area contributed by atoms with Gasteiger partial charge < -0.3 is 19.6 Å². The fourth-order valence-electron chi connectivity index (χ4n) is 4.61. The molecule has 0 unspecified atom stereocenters. The molecule has 0 aromatic heterocycles. The molecule has 0 spiro atoms. The number of halogens is 1. The van der Waals surface area contributed by atoms with Crippen molar-refractivity contribution in [3.8, 4) is 0 Å². The monoisotopic (exact) mass is 520 g/mol. The van der Waals surface area contributed by atoms with Crippen LogP contribution in [0.25, 0.3) is 0 Å². The van der Waals surface area contributed by atoms with E-state index in [2.05, 4.69) is 0 Å². The third-order valence-corrected chi connectivity index (χ3v) is 6.56. The molecule has 0 radical (unpaired) electrons. The summed E-state index contributed by atoms with van der Waals surface area (Å²) in [5, 5.41) is 10.1. The lowest BCUT2D eigenvalue weighted by Crippen LogP contribution is -2.55. The van der Waals surface area contributed by atoms with E-state index in [1.165, 1.54) is 4.90 Å². The Morgan fingerprint density at radius 1 is 0.973 bits per heavy atom. The fraction of sp³-hybridized carbons (Fsp3) is 0.276. The molecule has 0 bridgehead atoms. The van der Waals surface area contributed by atoms with E-state index in [1.807, 2.05) is 72.8 Å². The van der Waals surface area contributed by atoms with Crippen LogP contribution >= 0.6 is 11.6 Å². The number of benzene rings is 3. The summed E-state index contributed by atoms with van der Waals surface area (Å²) < 4.78 is 5.84. The quantitative estimate of drug-likeness (QED) is 0.429. The van der Waals surface area contributed by atoms with Crippen LogP contribution in [0, 0.1) is 0 Å². The molecular weight excluding hydrogens is 492 g/mol. The minimum absolute atomic E-state index is 0.235. The molecule has 8 heteroatoms. The van der Waals surface area contributed by atoms with E-state index in [4.69, 9.17) is 16.3 Å². The average molecular weight is 521 g/mol. The molecule has 1 N–H and O–H groups in total. The summed E-state index contributed by atoms with van der Waals surface area (Å²) in [5.74, 6) is -1.81. The van der Waals surface area contributed by atoms with Crippen LogP contribution in [0.2, 0.25) is 5.02 Å². The van der Waals surface area contributed by atoms with E-state index in [0.29, 0.717) is 17.9 Å². The van der Waals surface area contributed by atoms with Crippen LogP contribution in [-0.2, 0) is 32.1 Å². The largest absolute Gasteiger partial charge is 0.480 e. The maximum atomic E-state index is 13.8. The third-order valence-electron chi connectivity index (χ3n) is 6.33. The molecule has 3 aromatic rings. The summed E-state index contributed by atoms with van der Waals surface area (Å²) in [6.45, 7) is -0.231. The number of nitrogens with zero attached hydrogens (tertiary/aromatic N) is 2. The molecule has 2 amide bonds. The van der Waals surface area contributed by atoms with Crippen molar-refractivity contribution in [2.75, 3.05) is 19.7 Å². The number of carbonyl (C=O) groups excluding carboxylic acids is 2. The first kappa shape index (κ1) is 26.4. The van der Waals surface area contributed by atoms with Crippen LogP contribution in [0.5, 0.6) is 0 Å². The summed E-state index contributed by atoms with van der Waals surface area (Å²) in [6.07, 6.45) is 0.254. The van der Waals surface area contributed by atoms with Crippen LogP contribution in [0.3, 0.4) is 0 Å². The van der Waals surface area contributed by atoms with Crippen molar-refractivity contribution < 1.29 is 24.2 Å². The van der Waals surface area contributed by atoms with Gasteiger partial charge >= 0.3 is 5.97 Å². The Bertz CT molecular complexity index is 1220. The Kier molecular flexibility index (Phi) is 8.93. The molecule has 1 aliphatic heterocycles. The number of aliphatic carboxylic acids is 1. The van der Waals surface area contributed by atoms with Crippen molar-refractivity contribution in [1.82, 2.24) is 9.80 Å². The highest BCUT2D eigenvalue weighted by molar-refractivity contribution is 6.30. The Labute approximate surface area is 221 Å². The summed E-state index contributed by atoms with van der Waals surface area (Å²) in [7, 11) is 0. The van der Waals surface area contributed by atoms with E-state index >= 15 is 0 Å². The third kappa shape index (κ3) is 6.96. The molecule has 2 atom stereocenters. The van der Waals surface area contributed by atoms with Gasteiger partial charge in [0.2, 0.25) is 5.91 Å². The highest BCUT2D eigenvalue weighted by atomic mass is 35.5.